The van der Waals surface area contributed by atoms with Crippen molar-refractivity contribution in [2.75, 3.05) is 32.8 Å². The second-order valence-electron chi connectivity index (χ2n) is 5.52. The maximum atomic E-state index is 8.86. The highest BCUT2D eigenvalue weighted by atomic mass is 16.2. The van der Waals surface area contributed by atoms with E-state index in [0.717, 1.165) is 38.3 Å². The van der Waals surface area contributed by atoms with Gasteiger partial charge in [-0.2, -0.15) is 0 Å². The Bertz CT molecular complexity index is 499. The van der Waals surface area contributed by atoms with Gasteiger partial charge in [0.1, 0.15) is 6.61 Å². The molecule has 21 heavy (non-hydrogen) atoms. The summed E-state index contributed by atoms with van der Waals surface area (Å²) in [5.41, 5.74) is 2.30. The molecule has 0 radical (unpaired) electrons. The van der Waals surface area contributed by atoms with Gasteiger partial charge in [-0.3, -0.25) is 9.80 Å². The van der Waals surface area contributed by atoms with Gasteiger partial charge in [-0.05, 0) is 31.1 Å². The molecule has 1 heterocycles. The fourth-order valence-electron chi connectivity index (χ4n) is 3.15. The van der Waals surface area contributed by atoms with E-state index in [1.165, 1.54) is 12.0 Å². The summed E-state index contributed by atoms with van der Waals surface area (Å²) in [5, 5.41) is 8.86. The van der Waals surface area contributed by atoms with E-state index in [2.05, 4.69) is 47.6 Å². The number of likely N-dealkylation sites (tertiary alicyclic amines) is 1. The Morgan fingerprint density at radius 2 is 2.05 bits per heavy atom. The standard InChI is InChI=1S/C18H26N2O/c1-3-20(4-2)18-11-12-19(15-18)14-17-9-6-5-8-16(17)10-7-13-21/h5-6,8-9,18,21H,3-4,11-15H2,1-2H3. The summed E-state index contributed by atoms with van der Waals surface area (Å²) in [4.78, 5) is 5.07. The fraction of sp³-hybridized carbons (Fsp3) is 0.556. The van der Waals surface area contributed by atoms with Gasteiger partial charge in [0.15, 0.2) is 0 Å². The van der Waals surface area contributed by atoms with E-state index in [-0.39, 0.29) is 6.61 Å². The SMILES string of the molecule is CCN(CC)C1CCN(Cc2ccccc2C#CCO)C1. The quantitative estimate of drug-likeness (QED) is 0.838. The van der Waals surface area contributed by atoms with Crippen molar-refractivity contribution >= 4 is 0 Å². The first-order valence-electron chi connectivity index (χ1n) is 7.92. The van der Waals surface area contributed by atoms with Gasteiger partial charge in [-0.1, -0.05) is 43.9 Å². The van der Waals surface area contributed by atoms with Crippen LogP contribution in [0.15, 0.2) is 24.3 Å². The summed E-state index contributed by atoms with van der Waals surface area (Å²) < 4.78 is 0. The van der Waals surface area contributed by atoms with Crippen molar-refractivity contribution in [1.29, 1.82) is 0 Å². The van der Waals surface area contributed by atoms with Crippen molar-refractivity contribution in [3.8, 4) is 11.8 Å². The first-order chi connectivity index (χ1) is 10.3. The highest BCUT2D eigenvalue weighted by Crippen LogP contribution is 2.19. The lowest BCUT2D eigenvalue weighted by Crippen LogP contribution is -2.37. The summed E-state index contributed by atoms with van der Waals surface area (Å²) in [6.07, 6.45) is 1.26. The van der Waals surface area contributed by atoms with Gasteiger partial charge in [0.05, 0.1) is 0 Å². The third kappa shape index (κ3) is 4.31. The number of benzene rings is 1. The van der Waals surface area contributed by atoms with Crippen LogP contribution in [0.1, 0.15) is 31.4 Å². The zero-order chi connectivity index (χ0) is 15.1. The van der Waals surface area contributed by atoms with E-state index >= 15 is 0 Å². The van der Waals surface area contributed by atoms with E-state index in [4.69, 9.17) is 5.11 Å². The first-order valence-corrected chi connectivity index (χ1v) is 7.92. The second-order valence-corrected chi connectivity index (χ2v) is 5.52. The number of nitrogens with zero attached hydrogens (tertiary/aromatic N) is 2. The van der Waals surface area contributed by atoms with Crippen molar-refractivity contribution in [3.63, 3.8) is 0 Å². The minimum atomic E-state index is -0.0813. The van der Waals surface area contributed by atoms with Crippen molar-refractivity contribution in [2.45, 2.75) is 32.9 Å². The molecule has 3 heteroatoms. The molecule has 114 valence electrons. The highest BCUT2D eigenvalue weighted by molar-refractivity contribution is 5.41. The van der Waals surface area contributed by atoms with Crippen LogP contribution >= 0.6 is 0 Å². The van der Waals surface area contributed by atoms with E-state index in [0.29, 0.717) is 6.04 Å². The molecule has 0 saturated carbocycles. The lowest BCUT2D eigenvalue weighted by molar-refractivity contribution is 0.209. The van der Waals surface area contributed by atoms with Crippen LogP contribution in [0.3, 0.4) is 0 Å². The normalized spacial score (nSPS) is 18.8. The molecule has 0 aromatic heterocycles. The molecule has 2 rings (SSSR count). The van der Waals surface area contributed by atoms with Gasteiger partial charge in [-0.25, -0.2) is 0 Å². The Labute approximate surface area is 128 Å². The zero-order valence-electron chi connectivity index (χ0n) is 13.2. The number of aliphatic hydroxyl groups is 1. The average Bonchev–Trinajstić information content (AvgIpc) is 2.96. The lowest BCUT2D eigenvalue weighted by atomic mass is 10.1. The molecule has 1 N–H and O–H groups in total. The molecule has 0 amide bonds. The van der Waals surface area contributed by atoms with Gasteiger partial charge in [0, 0.05) is 31.2 Å². The topological polar surface area (TPSA) is 26.7 Å². The molecule has 1 unspecified atom stereocenters. The largest absolute Gasteiger partial charge is 0.384 e. The molecule has 1 aliphatic heterocycles. The summed E-state index contributed by atoms with van der Waals surface area (Å²) in [6, 6.07) is 8.95. The molecule has 1 atom stereocenters. The number of hydrogen-bond acceptors (Lipinski definition) is 3. The van der Waals surface area contributed by atoms with Gasteiger partial charge < -0.3 is 5.11 Å². The van der Waals surface area contributed by atoms with Crippen LogP contribution in [0.4, 0.5) is 0 Å². The molecule has 3 nitrogen and oxygen atoms in total. The summed E-state index contributed by atoms with van der Waals surface area (Å²) >= 11 is 0. The van der Waals surface area contributed by atoms with Crippen LogP contribution in [0.2, 0.25) is 0 Å². The summed E-state index contributed by atoms with van der Waals surface area (Å²) in [7, 11) is 0. The predicted octanol–water partition coefficient (Wildman–Crippen LogP) is 1.95. The first kappa shape index (κ1) is 16.0. The molecule has 1 aromatic carbocycles. The Balaban J connectivity index is 2.00. The van der Waals surface area contributed by atoms with Crippen molar-refractivity contribution in [1.82, 2.24) is 9.80 Å². The Hall–Kier alpha value is -1.34. The van der Waals surface area contributed by atoms with Crippen molar-refractivity contribution < 1.29 is 5.11 Å². The van der Waals surface area contributed by atoms with Crippen molar-refractivity contribution in [2.24, 2.45) is 0 Å². The molecule has 0 bridgehead atoms. The van der Waals surface area contributed by atoms with Gasteiger partial charge >= 0.3 is 0 Å². The third-order valence-corrected chi connectivity index (χ3v) is 4.29. The van der Waals surface area contributed by atoms with Crippen LogP contribution in [0.25, 0.3) is 0 Å². The van der Waals surface area contributed by atoms with Gasteiger partial charge in [-0.15, -0.1) is 0 Å². The zero-order valence-corrected chi connectivity index (χ0v) is 13.2. The van der Waals surface area contributed by atoms with Gasteiger partial charge in [0.25, 0.3) is 0 Å². The molecular formula is C18H26N2O. The average molecular weight is 286 g/mol. The Kier molecular flexibility index (Phi) is 6.25. The van der Waals surface area contributed by atoms with Gasteiger partial charge in [0.2, 0.25) is 0 Å². The number of aliphatic hydroxyl groups excluding tert-OH is 1. The lowest BCUT2D eigenvalue weighted by Gasteiger charge is -2.26. The molecule has 0 spiro atoms. The maximum Gasteiger partial charge on any atom is 0.104 e. The third-order valence-electron chi connectivity index (χ3n) is 4.29. The van der Waals surface area contributed by atoms with E-state index in [1.807, 2.05) is 12.1 Å². The second kappa shape index (κ2) is 8.19. The minimum absolute atomic E-state index is 0.0813. The monoisotopic (exact) mass is 286 g/mol. The predicted molar refractivity (Wildman–Crippen MR) is 87.0 cm³/mol. The molecule has 1 saturated heterocycles. The van der Waals surface area contributed by atoms with E-state index in [1.54, 1.807) is 0 Å². The number of likely N-dealkylation sites (N-methyl/N-ethyl adjacent to an activating group) is 1. The van der Waals surface area contributed by atoms with Crippen LogP contribution in [0, 0.1) is 11.8 Å². The number of hydrogen-bond donors (Lipinski definition) is 1. The smallest absolute Gasteiger partial charge is 0.104 e. The number of rotatable bonds is 5. The molecular weight excluding hydrogens is 260 g/mol. The van der Waals surface area contributed by atoms with Crippen LogP contribution in [-0.2, 0) is 6.54 Å². The molecule has 0 aliphatic carbocycles. The summed E-state index contributed by atoms with van der Waals surface area (Å²) in [6.45, 7) is 9.92. The van der Waals surface area contributed by atoms with Crippen LogP contribution in [-0.4, -0.2) is 53.7 Å². The fourth-order valence-corrected chi connectivity index (χ4v) is 3.15. The highest BCUT2D eigenvalue weighted by Gasteiger charge is 2.26. The molecule has 1 aromatic rings. The summed E-state index contributed by atoms with van der Waals surface area (Å²) in [5.74, 6) is 5.81. The van der Waals surface area contributed by atoms with E-state index < -0.39 is 0 Å². The minimum Gasteiger partial charge on any atom is -0.384 e. The van der Waals surface area contributed by atoms with Crippen molar-refractivity contribution in [3.05, 3.63) is 35.4 Å². The van der Waals surface area contributed by atoms with Crippen LogP contribution in [0.5, 0.6) is 0 Å². The molecule has 1 fully saturated rings. The Morgan fingerprint density at radius 3 is 2.76 bits per heavy atom. The van der Waals surface area contributed by atoms with Crippen LogP contribution < -0.4 is 0 Å². The van der Waals surface area contributed by atoms with E-state index in [9.17, 15) is 0 Å². The maximum absolute atomic E-state index is 8.86. The Morgan fingerprint density at radius 1 is 1.29 bits per heavy atom. The molecule has 1 aliphatic rings.